The van der Waals surface area contributed by atoms with Crippen LogP contribution in [0.15, 0.2) is 66.7 Å². The van der Waals surface area contributed by atoms with Crippen LogP contribution in [0.5, 0.6) is 0 Å². The van der Waals surface area contributed by atoms with E-state index in [1.165, 1.54) is 0 Å². The highest BCUT2D eigenvalue weighted by atomic mass is 16.2. The predicted octanol–water partition coefficient (Wildman–Crippen LogP) is 4.84. The lowest BCUT2D eigenvalue weighted by Gasteiger charge is -2.40. The van der Waals surface area contributed by atoms with Gasteiger partial charge >= 0.3 is 6.03 Å². The van der Waals surface area contributed by atoms with Crippen molar-refractivity contribution >= 4 is 34.2 Å². The number of ketones is 1. The average molecular weight is 442 g/mol. The summed E-state index contributed by atoms with van der Waals surface area (Å²) in [5.41, 5.74) is 2.64. The number of amides is 3. The Balaban J connectivity index is 1.13. The maximum absolute atomic E-state index is 12.7. The molecular formula is C27H27N3O3. The molecule has 5 rings (SSSR count). The number of para-hydroxylation sites is 1. The summed E-state index contributed by atoms with van der Waals surface area (Å²) in [6.45, 7) is 1.82. The van der Waals surface area contributed by atoms with Crippen LogP contribution < -0.4 is 5.32 Å². The molecule has 2 heterocycles. The molecule has 2 aliphatic heterocycles. The minimum absolute atomic E-state index is 0.00681. The number of Topliss-reactive ketones (excluding diaryl/α,β-unsaturated/α-hetero) is 1. The van der Waals surface area contributed by atoms with Crippen LogP contribution in [0.1, 0.15) is 41.6 Å². The molecule has 0 spiro atoms. The van der Waals surface area contributed by atoms with E-state index in [0.29, 0.717) is 25.2 Å². The summed E-state index contributed by atoms with van der Waals surface area (Å²) in [5.74, 6) is 0.00340. The summed E-state index contributed by atoms with van der Waals surface area (Å²) in [7, 11) is 0. The first kappa shape index (κ1) is 21.2. The fourth-order valence-electron chi connectivity index (χ4n) is 4.83. The molecule has 0 unspecified atom stereocenters. The van der Waals surface area contributed by atoms with Crippen LogP contribution in [-0.2, 0) is 11.3 Å². The summed E-state index contributed by atoms with van der Waals surface area (Å²) in [4.78, 5) is 41.7. The first-order valence-electron chi connectivity index (χ1n) is 11.5. The zero-order valence-electron chi connectivity index (χ0n) is 18.5. The van der Waals surface area contributed by atoms with E-state index in [1.807, 2.05) is 76.5 Å². The quantitative estimate of drug-likeness (QED) is 0.576. The van der Waals surface area contributed by atoms with Gasteiger partial charge in [0.15, 0.2) is 5.78 Å². The largest absolute Gasteiger partial charge is 0.343 e. The molecular weight excluding hydrogens is 414 g/mol. The van der Waals surface area contributed by atoms with E-state index in [0.717, 1.165) is 34.9 Å². The van der Waals surface area contributed by atoms with Crippen LogP contribution in [0.2, 0.25) is 0 Å². The molecule has 0 aliphatic carbocycles. The number of hydrogen-bond acceptors (Lipinski definition) is 3. The zero-order valence-corrected chi connectivity index (χ0v) is 18.5. The van der Waals surface area contributed by atoms with E-state index in [2.05, 4.69) is 5.32 Å². The van der Waals surface area contributed by atoms with Crippen molar-refractivity contribution in [2.24, 2.45) is 0 Å². The fraction of sp³-hybridized carbons (Fsp3) is 0.296. The number of nitrogens with one attached hydrogen (secondary N) is 1. The topological polar surface area (TPSA) is 69.7 Å². The Morgan fingerprint density at radius 1 is 0.879 bits per heavy atom. The van der Waals surface area contributed by atoms with Crippen molar-refractivity contribution in [2.45, 2.75) is 38.3 Å². The van der Waals surface area contributed by atoms with Gasteiger partial charge in [-0.2, -0.15) is 0 Å². The van der Waals surface area contributed by atoms with Crippen molar-refractivity contribution in [1.82, 2.24) is 9.80 Å². The van der Waals surface area contributed by atoms with Gasteiger partial charge in [-0.1, -0.05) is 54.6 Å². The number of benzene rings is 3. The van der Waals surface area contributed by atoms with Gasteiger partial charge in [0.25, 0.3) is 0 Å². The lowest BCUT2D eigenvalue weighted by molar-refractivity contribution is -0.132. The summed E-state index contributed by atoms with van der Waals surface area (Å²) in [6.07, 6.45) is 1.93. The third-order valence-electron chi connectivity index (χ3n) is 6.76. The number of piperidine rings is 1. The van der Waals surface area contributed by atoms with Crippen molar-refractivity contribution in [3.63, 3.8) is 0 Å². The highest BCUT2D eigenvalue weighted by molar-refractivity contribution is 6.01. The second-order valence-corrected chi connectivity index (χ2v) is 8.81. The monoisotopic (exact) mass is 441 g/mol. The minimum atomic E-state index is -0.0699. The molecule has 1 N–H and O–H groups in total. The van der Waals surface area contributed by atoms with Crippen LogP contribution in [0.3, 0.4) is 0 Å². The van der Waals surface area contributed by atoms with Gasteiger partial charge in [0.05, 0.1) is 0 Å². The number of urea groups is 1. The summed E-state index contributed by atoms with van der Waals surface area (Å²) in [6, 6.07) is 21.5. The molecule has 3 amide bonds. The molecule has 1 fully saturated rings. The van der Waals surface area contributed by atoms with Crippen molar-refractivity contribution in [1.29, 1.82) is 0 Å². The van der Waals surface area contributed by atoms with E-state index >= 15 is 0 Å². The highest BCUT2D eigenvalue weighted by Gasteiger charge is 2.32. The Bertz CT molecular complexity index is 1210. The van der Waals surface area contributed by atoms with Gasteiger partial charge in [-0.3, -0.25) is 9.59 Å². The molecule has 3 aromatic carbocycles. The normalized spacial score (nSPS) is 16.4. The van der Waals surface area contributed by atoms with Gasteiger partial charge < -0.3 is 15.1 Å². The first-order valence-corrected chi connectivity index (χ1v) is 11.5. The Kier molecular flexibility index (Phi) is 5.82. The molecule has 0 saturated carbocycles. The Labute approximate surface area is 193 Å². The van der Waals surface area contributed by atoms with Gasteiger partial charge in [-0.25, -0.2) is 4.79 Å². The van der Waals surface area contributed by atoms with Crippen LogP contribution in [0, 0.1) is 0 Å². The summed E-state index contributed by atoms with van der Waals surface area (Å²) in [5, 5.41) is 5.09. The molecule has 33 heavy (non-hydrogen) atoms. The van der Waals surface area contributed by atoms with Gasteiger partial charge in [0.2, 0.25) is 5.91 Å². The molecule has 6 nitrogen and oxygen atoms in total. The molecule has 6 heteroatoms. The predicted molar refractivity (Wildman–Crippen MR) is 128 cm³/mol. The number of carbonyl (C=O) groups is 3. The second kappa shape index (κ2) is 9.06. The van der Waals surface area contributed by atoms with Crippen molar-refractivity contribution in [3.8, 4) is 0 Å². The third-order valence-corrected chi connectivity index (χ3v) is 6.76. The number of rotatable bonds is 5. The van der Waals surface area contributed by atoms with Crippen molar-refractivity contribution in [3.05, 3.63) is 77.9 Å². The van der Waals surface area contributed by atoms with Crippen molar-refractivity contribution in [2.75, 3.05) is 18.4 Å². The van der Waals surface area contributed by atoms with Gasteiger partial charge in [-0.05, 0) is 41.3 Å². The summed E-state index contributed by atoms with van der Waals surface area (Å²) < 4.78 is 0. The lowest BCUT2D eigenvalue weighted by atomic mass is 9.99. The molecule has 2 aliphatic rings. The molecule has 0 radical (unpaired) electrons. The SMILES string of the molecule is O=C(CCC(=O)N1CCC(N2Cc3ccccc3NC2=O)CC1)c1ccc2ccccc2c1. The number of carbonyl (C=O) groups excluding carboxylic acids is 3. The lowest BCUT2D eigenvalue weighted by Crippen LogP contribution is -2.51. The van der Waals surface area contributed by atoms with E-state index in [4.69, 9.17) is 0 Å². The summed E-state index contributed by atoms with van der Waals surface area (Å²) >= 11 is 0. The van der Waals surface area contributed by atoms with Crippen molar-refractivity contribution < 1.29 is 14.4 Å². The van der Waals surface area contributed by atoms with Crippen LogP contribution in [-0.4, -0.2) is 46.7 Å². The smallest absolute Gasteiger partial charge is 0.322 e. The van der Waals surface area contributed by atoms with Gasteiger partial charge in [0.1, 0.15) is 0 Å². The standard InChI is InChI=1S/C27H27N3O3/c31-25(21-10-9-19-5-1-2-6-20(19)17-21)11-12-26(32)29-15-13-23(14-16-29)30-18-22-7-3-4-8-24(22)28-27(30)33/h1-10,17,23H,11-16,18H2,(H,28,33). The van der Waals surface area contributed by atoms with E-state index in [1.54, 1.807) is 0 Å². The Morgan fingerprint density at radius 2 is 1.61 bits per heavy atom. The second-order valence-electron chi connectivity index (χ2n) is 8.81. The number of fused-ring (bicyclic) bond motifs is 2. The van der Waals surface area contributed by atoms with Crippen LogP contribution >= 0.6 is 0 Å². The Hall–Kier alpha value is -3.67. The number of hydrogen-bond donors (Lipinski definition) is 1. The maximum Gasteiger partial charge on any atom is 0.322 e. The highest BCUT2D eigenvalue weighted by Crippen LogP contribution is 2.28. The molecule has 1 saturated heterocycles. The number of nitrogens with zero attached hydrogens (tertiary/aromatic N) is 2. The molecule has 3 aromatic rings. The molecule has 0 atom stereocenters. The molecule has 0 bridgehead atoms. The van der Waals surface area contributed by atoms with Gasteiger partial charge in [-0.15, -0.1) is 0 Å². The molecule has 168 valence electrons. The average Bonchev–Trinajstić information content (AvgIpc) is 2.86. The van der Waals surface area contributed by atoms with E-state index < -0.39 is 0 Å². The maximum atomic E-state index is 12.7. The zero-order chi connectivity index (χ0) is 22.8. The fourth-order valence-corrected chi connectivity index (χ4v) is 4.83. The van der Waals surface area contributed by atoms with E-state index in [-0.39, 0.29) is 36.6 Å². The third kappa shape index (κ3) is 4.46. The Morgan fingerprint density at radius 3 is 2.42 bits per heavy atom. The van der Waals surface area contributed by atoms with Crippen LogP contribution in [0.25, 0.3) is 10.8 Å². The number of anilines is 1. The first-order chi connectivity index (χ1) is 16.1. The number of likely N-dealkylation sites (tertiary alicyclic amines) is 1. The van der Waals surface area contributed by atoms with Gasteiger partial charge in [0, 0.05) is 49.8 Å². The van der Waals surface area contributed by atoms with Crippen LogP contribution in [0.4, 0.5) is 10.5 Å². The minimum Gasteiger partial charge on any atom is -0.343 e. The van der Waals surface area contributed by atoms with E-state index in [9.17, 15) is 14.4 Å². The molecule has 0 aromatic heterocycles.